The Bertz CT molecular complexity index is 851. The van der Waals surface area contributed by atoms with Crippen molar-refractivity contribution in [1.82, 2.24) is 0 Å². The number of ether oxygens (including phenoxy) is 1. The number of carbonyl (C=O) groups is 1. The Labute approximate surface area is 151 Å². The van der Waals surface area contributed by atoms with Crippen LogP contribution in [0.4, 0.5) is 0 Å². The Balaban J connectivity index is 1.61. The molecule has 1 aromatic carbocycles. The number of piperidine rings is 1. The van der Waals surface area contributed by atoms with Crippen LogP contribution in [-0.4, -0.2) is 51.5 Å². The van der Waals surface area contributed by atoms with Crippen LogP contribution in [0.3, 0.4) is 0 Å². The van der Waals surface area contributed by atoms with E-state index in [0.29, 0.717) is 49.6 Å². The summed E-state index contributed by atoms with van der Waals surface area (Å²) in [5.41, 5.74) is -0.605. The molecular formula is C20H23NO5. The number of nitrogens with zero attached hydrogens (tertiary/aromatic N) is 1. The van der Waals surface area contributed by atoms with Crippen LogP contribution < -0.4 is 4.74 Å². The van der Waals surface area contributed by atoms with Crippen molar-refractivity contribution in [3.8, 4) is 11.5 Å². The number of aliphatic hydroxyl groups is 1. The van der Waals surface area contributed by atoms with Crippen LogP contribution >= 0.6 is 0 Å². The predicted molar refractivity (Wildman–Crippen MR) is 91.6 cm³/mol. The zero-order chi connectivity index (χ0) is 17.9. The highest BCUT2D eigenvalue weighted by Crippen LogP contribution is 2.65. The average Bonchev–Trinajstić information content (AvgIpc) is 3.33. The number of Topliss-reactive ketones (excluding diaryl/α,β-unsaturated/α-hetero) is 1. The molecule has 0 radical (unpaired) electrons. The van der Waals surface area contributed by atoms with Crippen LogP contribution in [0.5, 0.6) is 11.5 Å². The van der Waals surface area contributed by atoms with Crippen molar-refractivity contribution < 1.29 is 24.4 Å². The number of phenols is 1. The molecule has 2 bridgehead atoms. The molecule has 6 nitrogen and oxygen atoms in total. The quantitative estimate of drug-likeness (QED) is 0.619. The summed E-state index contributed by atoms with van der Waals surface area (Å²) >= 11 is 0. The molecule has 1 unspecified atom stereocenters. The molecule has 3 fully saturated rings. The van der Waals surface area contributed by atoms with E-state index in [9.17, 15) is 20.2 Å². The topological polar surface area (TPSA) is 89.8 Å². The molecule has 5 aliphatic rings. The third-order valence-electron chi connectivity index (χ3n) is 7.87. The minimum Gasteiger partial charge on any atom is -0.632 e. The van der Waals surface area contributed by atoms with Gasteiger partial charge in [0.15, 0.2) is 11.9 Å². The molecule has 26 heavy (non-hydrogen) atoms. The lowest BCUT2D eigenvalue weighted by atomic mass is 9.48. The SMILES string of the molecule is O=C1CC[C@@]2(O)[C@@H]3Cc4c(O)ccc5c4[C@]2(CC[N@@+]3([O-])CC2CC2)C1O5. The molecule has 3 aliphatic carbocycles. The fraction of sp³-hybridized carbons (Fsp3) is 0.650. The number of carbonyl (C=O) groups excluding carboxylic acids is 1. The van der Waals surface area contributed by atoms with E-state index in [1.807, 2.05) is 0 Å². The smallest absolute Gasteiger partial charge is 0.174 e. The highest BCUT2D eigenvalue weighted by atomic mass is 16.6. The van der Waals surface area contributed by atoms with Crippen LogP contribution in [0.2, 0.25) is 0 Å². The summed E-state index contributed by atoms with van der Waals surface area (Å²) in [5.74, 6) is 1.21. The second kappa shape index (κ2) is 4.43. The molecule has 0 aromatic heterocycles. The molecule has 1 spiro atoms. The molecule has 2 N–H and O–H groups in total. The normalized spacial score (nSPS) is 45.2. The molecule has 2 aliphatic heterocycles. The van der Waals surface area contributed by atoms with E-state index < -0.39 is 27.8 Å². The molecule has 2 heterocycles. The zero-order valence-electron chi connectivity index (χ0n) is 14.6. The Morgan fingerprint density at radius 2 is 2.12 bits per heavy atom. The number of hydrogen-bond donors (Lipinski definition) is 2. The number of likely N-dealkylation sites (tertiary alicyclic amines) is 1. The maximum Gasteiger partial charge on any atom is 0.174 e. The Morgan fingerprint density at radius 1 is 1.31 bits per heavy atom. The van der Waals surface area contributed by atoms with E-state index in [4.69, 9.17) is 4.74 Å². The molecule has 0 amide bonds. The number of benzene rings is 1. The number of phenolic OH excluding ortho intramolecular Hbond substituents is 1. The van der Waals surface area contributed by atoms with Gasteiger partial charge in [0, 0.05) is 36.3 Å². The van der Waals surface area contributed by atoms with Gasteiger partial charge in [0.05, 0.1) is 18.5 Å². The fourth-order valence-electron chi connectivity index (χ4n) is 6.55. The maximum atomic E-state index is 13.9. The zero-order valence-corrected chi connectivity index (χ0v) is 14.6. The monoisotopic (exact) mass is 357 g/mol. The first-order valence-corrected chi connectivity index (χ1v) is 9.74. The lowest BCUT2D eigenvalue weighted by Gasteiger charge is -2.67. The number of ketones is 1. The van der Waals surface area contributed by atoms with Crippen molar-refractivity contribution in [2.45, 2.75) is 61.7 Å². The van der Waals surface area contributed by atoms with Gasteiger partial charge in [0.1, 0.15) is 23.1 Å². The van der Waals surface area contributed by atoms with E-state index >= 15 is 0 Å². The summed E-state index contributed by atoms with van der Waals surface area (Å²) in [6.07, 6.45) is 2.82. The summed E-state index contributed by atoms with van der Waals surface area (Å²) in [4.78, 5) is 12.7. The Hall–Kier alpha value is -1.63. The maximum absolute atomic E-state index is 13.9. The molecule has 5 atom stereocenters. The van der Waals surface area contributed by atoms with Gasteiger partial charge in [0.2, 0.25) is 0 Å². The first-order valence-electron chi connectivity index (χ1n) is 9.74. The van der Waals surface area contributed by atoms with Gasteiger partial charge in [-0.05, 0) is 31.4 Å². The lowest BCUT2D eigenvalue weighted by Crippen LogP contribution is -2.80. The van der Waals surface area contributed by atoms with Crippen molar-refractivity contribution in [1.29, 1.82) is 0 Å². The number of quaternary nitrogens is 1. The van der Waals surface area contributed by atoms with E-state index in [0.717, 1.165) is 18.4 Å². The predicted octanol–water partition coefficient (Wildman–Crippen LogP) is 1.54. The number of aromatic hydroxyl groups is 1. The molecule has 6 rings (SSSR count). The highest BCUT2D eigenvalue weighted by Gasteiger charge is 2.76. The van der Waals surface area contributed by atoms with Crippen molar-refractivity contribution in [2.24, 2.45) is 5.92 Å². The van der Waals surface area contributed by atoms with Crippen LogP contribution in [0, 0.1) is 11.1 Å². The lowest BCUT2D eigenvalue weighted by molar-refractivity contribution is -0.924. The second-order valence-corrected chi connectivity index (χ2v) is 9.07. The third kappa shape index (κ3) is 1.54. The van der Waals surface area contributed by atoms with Gasteiger partial charge in [-0.15, -0.1) is 0 Å². The average molecular weight is 357 g/mol. The molecule has 2 saturated carbocycles. The van der Waals surface area contributed by atoms with Gasteiger partial charge in [-0.2, -0.15) is 0 Å². The van der Waals surface area contributed by atoms with Gasteiger partial charge in [0.25, 0.3) is 0 Å². The summed E-state index contributed by atoms with van der Waals surface area (Å²) in [6.45, 7) is 0.948. The van der Waals surface area contributed by atoms with E-state index in [2.05, 4.69) is 0 Å². The van der Waals surface area contributed by atoms with Crippen molar-refractivity contribution in [3.05, 3.63) is 28.5 Å². The van der Waals surface area contributed by atoms with E-state index in [-0.39, 0.29) is 18.0 Å². The Kier molecular flexibility index (Phi) is 2.63. The first kappa shape index (κ1) is 15.4. The minimum absolute atomic E-state index is 0.00468. The molecule has 1 saturated heterocycles. The summed E-state index contributed by atoms with van der Waals surface area (Å²) in [6, 6.07) is 2.75. The highest BCUT2D eigenvalue weighted by molar-refractivity contribution is 5.89. The molecule has 1 aromatic rings. The van der Waals surface area contributed by atoms with Gasteiger partial charge in [-0.1, -0.05) is 0 Å². The van der Waals surface area contributed by atoms with Gasteiger partial charge in [-0.3, -0.25) is 4.79 Å². The van der Waals surface area contributed by atoms with E-state index in [1.54, 1.807) is 12.1 Å². The molecular weight excluding hydrogens is 334 g/mol. The molecule has 6 heteroatoms. The fourth-order valence-corrected chi connectivity index (χ4v) is 6.55. The standard InChI is InChI=1S/C20H23NO5/c22-13-3-4-15-17-12(13)9-16-20(24)6-5-14(23)18(26-15)19(17,20)7-8-21(16,25)10-11-1-2-11/h3-4,11,16,18,22,24H,1-2,5-10H2/t16-,18?,19+,20+,21+/m0/s1. The minimum atomic E-state index is -1.24. The number of rotatable bonds is 2. The number of hydroxylamine groups is 3. The summed E-state index contributed by atoms with van der Waals surface area (Å²) < 4.78 is 5.65. The summed E-state index contributed by atoms with van der Waals surface area (Å²) in [7, 11) is 0. The van der Waals surface area contributed by atoms with Crippen molar-refractivity contribution in [3.63, 3.8) is 0 Å². The third-order valence-corrected chi connectivity index (χ3v) is 7.87. The number of hydrogen-bond acceptors (Lipinski definition) is 5. The van der Waals surface area contributed by atoms with E-state index in [1.165, 1.54) is 0 Å². The molecule has 138 valence electrons. The second-order valence-electron chi connectivity index (χ2n) is 9.07. The largest absolute Gasteiger partial charge is 0.632 e. The van der Waals surface area contributed by atoms with Crippen LogP contribution in [-0.2, 0) is 16.6 Å². The van der Waals surface area contributed by atoms with Crippen molar-refractivity contribution >= 4 is 5.78 Å². The van der Waals surface area contributed by atoms with Gasteiger partial charge >= 0.3 is 0 Å². The Morgan fingerprint density at radius 3 is 2.88 bits per heavy atom. The van der Waals surface area contributed by atoms with Crippen LogP contribution in [0.1, 0.15) is 43.2 Å². The van der Waals surface area contributed by atoms with Crippen LogP contribution in [0.15, 0.2) is 12.1 Å². The van der Waals surface area contributed by atoms with Gasteiger partial charge < -0.3 is 24.8 Å². The summed E-state index contributed by atoms with van der Waals surface area (Å²) in [5, 5.41) is 36.4. The first-order chi connectivity index (χ1) is 12.4. The van der Waals surface area contributed by atoms with Gasteiger partial charge in [-0.25, -0.2) is 0 Å². The van der Waals surface area contributed by atoms with Crippen molar-refractivity contribution in [2.75, 3.05) is 13.1 Å². The van der Waals surface area contributed by atoms with Crippen LogP contribution in [0.25, 0.3) is 0 Å².